The molecule has 1 aromatic heterocycles. The van der Waals surface area contributed by atoms with Crippen molar-refractivity contribution in [1.82, 2.24) is 10.0 Å². The Bertz CT molecular complexity index is 1190. The molecule has 7 heteroatoms. The number of pyridine rings is 1. The Labute approximate surface area is 217 Å². The van der Waals surface area contributed by atoms with E-state index in [0.29, 0.717) is 19.4 Å². The zero-order chi connectivity index (χ0) is 26.2. The predicted molar refractivity (Wildman–Crippen MR) is 139 cm³/mol. The van der Waals surface area contributed by atoms with Gasteiger partial charge in [0, 0.05) is 36.5 Å². The lowest BCUT2D eigenvalue weighted by Gasteiger charge is -2.30. The van der Waals surface area contributed by atoms with E-state index in [1.165, 1.54) is 5.06 Å². The number of carboxylic acid groups (broad SMARTS) is 1. The van der Waals surface area contributed by atoms with Crippen molar-refractivity contribution in [2.45, 2.75) is 57.5 Å². The van der Waals surface area contributed by atoms with Crippen LogP contribution in [0, 0.1) is 0 Å². The van der Waals surface area contributed by atoms with Gasteiger partial charge in [0.1, 0.15) is 6.10 Å². The SMILES string of the molecule is CCCN(OC(c1ccccc1)c1cccnc1)C(=O)CCC1CCCc2c(C(=O)C(=O)O)cccc21. The molecule has 2 aromatic carbocycles. The normalized spacial score (nSPS) is 15.4. The summed E-state index contributed by atoms with van der Waals surface area (Å²) in [6.45, 7) is 2.46. The average Bonchev–Trinajstić information content (AvgIpc) is 2.94. The number of amides is 1. The molecule has 1 heterocycles. The molecule has 1 aliphatic carbocycles. The van der Waals surface area contributed by atoms with Crippen LogP contribution in [0.1, 0.15) is 83.7 Å². The highest BCUT2D eigenvalue weighted by Crippen LogP contribution is 2.37. The Morgan fingerprint density at radius 1 is 1.05 bits per heavy atom. The van der Waals surface area contributed by atoms with Crippen LogP contribution in [0.25, 0.3) is 0 Å². The van der Waals surface area contributed by atoms with Gasteiger partial charge in [-0.1, -0.05) is 61.5 Å². The lowest BCUT2D eigenvalue weighted by atomic mass is 9.78. The van der Waals surface area contributed by atoms with E-state index in [2.05, 4.69) is 4.98 Å². The molecule has 1 aliphatic rings. The smallest absolute Gasteiger partial charge is 0.377 e. The first-order chi connectivity index (χ1) is 18.0. The number of benzene rings is 2. The standard InChI is InChI=1S/C30H32N2O5/c1-2-19-32(37-29(22-9-4-3-5-10-22)23-12-8-18-31-20-23)27(33)17-16-21-11-6-14-25-24(21)13-7-15-26(25)28(34)30(35)36/h3-5,7-10,12-13,15,18,20-21,29H,2,6,11,14,16-17,19H2,1H3,(H,35,36). The summed E-state index contributed by atoms with van der Waals surface area (Å²) in [5.74, 6) is -2.34. The minimum absolute atomic E-state index is 0.0842. The maximum absolute atomic E-state index is 13.4. The Hall–Kier alpha value is -3.84. The van der Waals surface area contributed by atoms with Gasteiger partial charge in [0.15, 0.2) is 0 Å². The second-order valence-electron chi connectivity index (χ2n) is 9.31. The van der Waals surface area contributed by atoms with E-state index in [-0.39, 0.29) is 23.8 Å². The molecule has 1 amide bonds. The lowest BCUT2D eigenvalue weighted by Crippen LogP contribution is -2.34. The highest BCUT2D eigenvalue weighted by molar-refractivity contribution is 6.40. The van der Waals surface area contributed by atoms with Crippen LogP contribution in [-0.2, 0) is 20.8 Å². The number of ketones is 1. The molecule has 2 atom stereocenters. The van der Waals surface area contributed by atoms with Crippen LogP contribution in [0.4, 0.5) is 0 Å². The first-order valence-electron chi connectivity index (χ1n) is 12.8. The molecule has 7 nitrogen and oxygen atoms in total. The van der Waals surface area contributed by atoms with Gasteiger partial charge in [-0.15, -0.1) is 0 Å². The number of hydrogen-bond donors (Lipinski definition) is 1. The number of aromatic nitrogens is 1. The number of Topliss-reactive ketones (excluding diaryl/α,β-unsaturated/α-hetero) is 1. The largest absolute Gasteiger partial charge is 0.475 e. The second-order valence-corrected chi connectivity index (χ2v) is 9.31. The summed E-state index contributed by atoms with van der Waals surface area (Å²) in [6, 6.07) is 18.8. The molecule has 4 rings (SSSR count). The summed E-state index contributed by atoms with van der Waals surface area (Å²) in [7, 11) is 0. The van der Waals surface area contributed by atoms with Crippen molar-refractivity contribution in [1.29, 1.82) is 0 Å². The summed E-state index contributed by atoms with van der Waals surface area (Å²) in [6.07, 6.45) is 7.03. The van der Waals surface area contributed by atoms with Crippen LogP contribution in [-0.4, -0.2) is 39.4 Å². The number of carboxylic acids is 1. The van der Waals surface area contributed by atoms with E-state index in [9.17, 15) is 19.5 Å². The van der Waals surface area contributed by atoms with Crippen LogP contribution in [0.3, 0.4) is 0 Å². The maximum Gasteiger partial charge on any atom is 0.377 e. The Balaban J connectivity index is 1.50. The number of carbonyl (C=O) groups excluding carboxylic acids is 2. The first-order valence-corrected chi connectivity index (χ1v) is 12.8. The van der Waals surface area contributed by atoms with E-state index in [1.807, 2.05) is 55.5 Å². The molecule has 0 radical (unpaired) electrons. The Morgan fingerprint density at radius 2 is 1.84 bits per heavy atom. The topological polar surface area (TPSA) is 96.8 Å². The van der Waals surface area contributed by atoms with Gasteiger partial charge in [0.25, 0.3) is 5.78 Å². The molecule has 0 bridgehead atoms. The Morgan fingerprint density at radius 3 is 2.54 bits per heavy atom. The average molecular weight is 501 g/mol. The lowest BCUT2D eigenvalue weighted by molar-refractivity contribution is -0.201. The van der Waals surface area contributed by atoms with Gasteiger partial charge in [-0.3, -0.25) is 19.4 Å². The fourth-order valence-electron chi connectivity index (χ4n) is 5.04. The van der Waals surface area contributed by atoms with Crippen molar-refractivity contribution in [3.63, 3.8) is 0 Å². The molecule has 2 unspecified atom stereocenters. The number of carbonyl (C=O) groups is 3. The van der Waals surface area contributed by atoms with Crippen LogP contribution in [0.15, 0.2) is 73.1 Å². The van der Waals surface area contributed by atoms with Crippen molar-refractivity contribution in [2.24, 2.45) is 0 Å². The van der Waals surface area contributed by atoms with E-state index in [0.717, 1.165) is 41.5 Å². The quantitative estimate of drug-likeness (QED) is 0.212. The van der Waals surface area contributed by atoms with Gasteiger partial charge < -0.3 is 5.11 Å². The number of aliphatic carboxylic acids is 1. The van der Waals surface area contributed by atoms with E-state index >= 15 is 0 Å². The zero-order valence-electron chi connectivity index (χ0n) is 21.0. The second kappa shape index (κ2) is 12.4. The zero-order valence-corrected chi connectivity index (χ0v) is 21.0. The highest BCUT2D eigenvalue weighted by Gasteiger charge is 2.28. The molecule has 0 spiro atoms. The van der Waals surface area contributed by atoms with Gasteiger partial charge in [-0.2, -0.15) is 0 Å². The molecule has 0 saturated heterocycles. The van der Waals surface area contributed by atoms with Crippen molar-refractivity contribution in [3.8, 4) is 0 Å². The highest BCUT2D eigenvalue weighted by atomic mass is 16.7. The van der Waals surface area contributed by atoms with Gasteiger partial charge >= 0.3 is 5.97 Å². The van der Waals surface area contributed by atoms with Gasteiger partial charge in [-0.25, -0.2) is 9.86 Å². The number of fused-ring (bicyclic) bond motifs is 1. The third-order valence-corrected chi connectivity index (χ3v) is 6.80. The molecule has 1 N–H and O–H groups in total. The number of nitrogens with zero attached hydrogens (tertiary/aromatic N) is 2. The molecular formula is C30H32N2O5. The summed E-state index contributed by atoms with van der Waals surface area (Å²) in [5, 5.41) is 10.7. The van der Waals surface area contributed by atoms with Gasteiger partial charge in [0.2, 0.25) is 5.91 Å². The number of rotatable bonds is 11. The van der Waals surface area contributed by atoms with Crippen LogP contribution >= 0.6 is 0 Å². The summed E-state index contributed by atoms with van der Waals surface area (Å²) < 4.78 is 0. The monoisotopic (exact) mass is 500 g/mol. The van der Waals surface area contributed by atoms with Gasteiger partial charge in [-0.05, 0) is 60.8 Å². The van der Waals surface area contributed by atoms with Crippen molar-refractivity contribution < 1.29 is 24.3 Å². The molecular weight excluding hydrogens is 468 g/mol. The van der Waals surface area contributed by atoms with E-state index < -0.39 is 17.9 Å². The Kier molecular flexibility index (Phi) is 8.80. The fraction of sp³-hybridized carbons (Fsp3) is 0.333. The van der Waals surface area contributed by atoms with Crippen molar-refractivity contribution >= 4 is 17.7 Å². The molecule has 0 aliphatic heterocycles. The first kappa shape index (κ1) is 26.2. The molecule has 37 heavy (non-hydrogen) atoms. The predicted octanol–water partition coefficient (Wildman–Crippen LogP) is 5.51. The van der Waals surface area contributed by atoms with E-state index in [4.69, 9.17) is 4.84 Å². The molecule has 0 fully saturated rings. The molecule has 3 aromatic rings. The van der Waals surface area contributed by atoms with Crippen LogP contribution in [0.2, 0.25) is 0 Å². The molecule has 0 saturated carbocycles. The summed E-state index contributed by atoms with van der Waals surface area (Å²) in [5.41, 5.74) is 3.84. The third kappa shape index (κ3) is 6.30. The number of hydroxylamine groups is 2. The summed E-state index contributed by atoms with van der Waals surface area (Å²) in [4.78, 5) is 47.5. The van der Waals surface area contributed by atoms with Crippen molar-refractivity contribution in [3.05, 3.63) is 101 Å². The van der Waals surface area contributed by atoms with Crippen LogP contribution < -0.4 is 0 Å². The minimum Gasteiger partial charge on any atom is -0.475 e. The third-order valence-electron chi connectivity index (χ3n) is 6.80. The summed E-state index contributed by atoms with van der Waals surface area (Å²) >= 11 is 0. The molecule has 192 valence electrons. The van der Waals surface area contributed by atoms with E-state index in [1.54, 1.807) is 24.5 Å². The van der Waals surface area contributed by atoms with Crippen LogP contribution in [0.5, 0.6) is 0 Å². The minimum atomic E-state index is -1.44. The number of hydrogen-bond acceptors (Lipinski definition) is 5. The van der Waals surface area contributed by atoms with Crippen molar-refractivity contribution in [2.75, 3.05) is 6.54 Å². The van der Waals surface area contributed by atoms with Gasteiger partial charge in [0.05, 0.1) is 0 Å². The maximum atomic E-state index is 13.4. The fourth-order valence-corrected chi connectivity index (χ4v) is 5.04.